The summed E-state index contributed by atoms with van der Waals surface area (Å²) in [5.41, 5.74) is 0. The van der Waals surface area contributed by atoms with Crippen LogP contribution >= 0.6 is 0 Å². The number of rotatable bonds is 24. The molecular formula is C18H38O11. The highest BCUT2D eigenvalue weighted by Gasteiger charge is 2.05. The van der Waals surface area contributed by atoms with Crippen molar-refractivity contribution in [2.45, 2.75) is 12.2 Å². The average Bonchev–Trinajstić information content (AvgIpc) is 2.71. The van der Waals surface area contributed by atoms with Crippen LogP contribution in [0.5, 0.6) is 0 Å². The second-order valence-corrected chi connectivity index (χ2v) is 5.89. The monoisotopic (exact) mass is 430 g/mol. The molecular weight excluding hydrogens is 392 g/mol. The van der Waals surface area contributed by atoms with E-state index in [0.717, 1.165) is 0 Å². The fourth-order valence-corrected chi connectivity index (χ4v) is 1.88. The van der Waals surface area contributed by atoms with Crippen LogP contribution in [-0.2, 0) is 33.2 Å². The van der Waals surface area contributed by atoms with Gasteiger partial charge in [0.15, 0.2) is 0 Å². The number of ether oxygens (including phenoxy) is 7. The molecule has 11 nitrogen and oxygen atoms in total. The van der Waals surface area contributed by atoms with Crippen molar-refractivity contribution in [2.24, 2.45) is 0 Å². The van der Waals surface area contributed by atoms with Gasteiger partial charge in [-0.1, -0.05) is 0 Å². The van der Waals surface area contributed by atoms with Crippen LogP contribution in [0.2, 0.25) is 0 Å². The molecule has 0 spiro atoms. The van der Waals surface area contributed by atoms with Crippen LogP contribution in [0.1, 0.15) is 0 Å². The molecule has 176 valence electrons. The van der Waals surface area contributed by atoms with Gasteiger partial charge in [0.25, 0.3) is 0 Å². The Balaban J connectivity index is 3.22. The molecule has 0 fully saturated rings. The molecule has 4 N–H and O–H groups in total. The lowest BCUT2D eigenvalue weighted by Gasteiger charge is -2.13. The topological polar surface area (TPSA) is 146 Å². The van der Waals surface area contributed by atoms with Crippen LogP contribution in [0.25, 0.3) is 0 Å². The molecule has 0 rings (SSSR count). The standard InChI is InChI=1S/C18H38O11/c19-1-3-23-5-9-26-13-17(21)15-28-11-7-25-8-12-29-16-18(22)14-27-10-6-24-4-2-20/h17-22H,1-16H2. The first kappa shape index (κ1) is 28.6. The maximum Gasteiger partial charge on any atom is 0.101 e. The molecule has 0 saturated carbocycles. The van der Waals surface area contributed by atoms with E-state index in [-0.39, 0.29) is 52.9 Å². The van der Waals surface area contributed by atoms with Crippen molar-refractivity contribution in [3.8, 4) is 0 Å². The highest BCUT2D eigenvalue weighted by atomic mass is 16.6. The summed E-state index contributed by atoms with van der Waals surface area (Å²) in [6.45, 7) is 3.95. The molecule has 11 heteroatoms. The van der Waals surface area contributed by atoms with Gasteiger partial charge in [-0.25, -0.2) is 0 Å². The Labute approximate surface area is 172 Å². The summed E-state index contributed by atoms with van der Waals surface area (Å²) in [5.74, 6) is 0. The fourth-order valence-electron chi connectivity index (χ4n) is 1.88. The lowest BCUT2D eigenvalue weighted by molar-refractivity contribution is -0.0544. The molecule has 0 aromatic carbocycles. The molecule has 2 unspecified atom stereocenters. The predicted octanol–water partition coefficient (Wildman–Crippen LogP) is -2.19. The number of aliphatic hydroxyl groups is 4. The minimum atomic E-state index is -0.721. The Hall–Kier alpha value is -0.440. The Kier molecular flexibility index (Phi) is 23.5. The van der Waals surface area contributed by atoms with E-state index >= 15 is 0 Å². The van der Waals surface area contributed by atoms with Gasteiger partial charge < -0.3 is 53.6 Å². The van der Waals surface area contributed by atoms with Crippen molar-refractivity contribution in [1.82, 2.24) is 0 Å². The van der Waals surface area contributed by atoms with Gasteiger partial charge in [0, 0.05) is 0 Å². The quantitative estimate of drug-likeness (QED) is 0.124. The first-order chi connectivity index (χ1) is 14.2. The van der Waals surface area contributed by atoms with Gasteiger partial charge in [0.1, 0.15) is 12.2 Å². The minimum Gasteiger partial charge on any atom is -0.394 e. The summed E-state index contributed by atoms with van der Waals surface area (Å²) in [4.78, 5) is 0. The zero-order chi connectivity index (χ0) is 21.4. The molecule has 0 aromatic rings. The van der Waals surface area contributed by atoms with E-state index in [2.05, 4.69) is 0 Å². The molecule has 0 amide bonds. The first-order valence-electron chi connectivity index (χ1n) is 9.82. The van der Waals surface area contributed by atoms with Crippen LogP contribution < -0.4 is 0 Å². The molecule has 0 aliphatic heterocycles. The summed E-state index contributed by atoms with van der Waals surface area (Å²) in [6, 6.07) is 0. The molecule has 0 aromatic heterocycles. The van der Waals surface area contributed by atoms with E-state index in [9.17, 15) is 10.2 Å². The zero-order valence-electron chi connectivity index (χ0n) is 17.1. The SMILES string of the molecule is OCCOCCOCC(O)COCCOCCOCC(O)COCCOCCO. The van der Waals surface area contributed by atoms with Crippen LogP contribution in [0.4, 0.5) is 0 Å². The first-order valence-corrected chi connectivity index (χ1v) is 9.82. The highest BCUT2D eigenvalue weighted by molar-refractivity contribution is 4.52. The van der Waals surface area contributed by atoms with Crippen LogP contribution in [0, 0.1) is 0 Å². The minimum absolute atomic E-state index is 0.0228. The summed E-state index contributed by atoms with van der Waals surface area (Å²) in [7, 11) is 0. The zero-order valence-corrected chi connectivity index (χ0v) is 17.1. The molecule has 0 heterocycles. The van der Waals surface area contributed by atoms with Gasteiger partial charge >= 0.3 is 0 Å². The largest absolute Gasteiger partial charge is 0.394 e. The van der Waals surface area contributed by atoms with E-state index in [4.69, 9.17) is 43.4 Å². The maximum absolute atomic E-state index is 9.65. The highest BCUT2D eigenvalue weighted by Crippen LogP contribution is 1.91. The predicted molar refractivity (Wildman–Crippen MR) is 102 cm³/mol. The van der Waals surface area contributed by atoms with Gasteiger partial charge in [-0.2, -0.15) is 0 Å². The second-order valence-electron chi connectivity index (χ2n) is 5.89. The smallest absolute Gasteiger partial charge is 0.101 e. The van der Waals surface area contributed by atoms with Gasteiger partial charge in [0.2, 0.25) is 0 Å². The number of hydrogen-bond acceptors (Lipinski definition) is 11. The third-order valence-corrected chi connectivity index (χ3v) is 3.20. The van der Waals surface area contributed by atoms with E-state index in [1.807, 2.05) is 0 Å². The van der Waals surface area contributed by atoms with Crippen molar-refractivity contribution in [1.29, 1.82) is 0 Å². The maximum atomic E-state index is 9.65. The fraction of sp³-hybridized carbons (Fsp3) is 1.00. The number of hydrogen-bond donors (Lipinski definition) is 4. The Bertz CT molecular complexity index is 282. The average molecular weight is 430 g/mol. The van der Waals surface area contributed by atoms with Crippen LogP contribution in [-0.4, -0.2) is 138 Å². The normalized spacial score (nSPS) is 13.7. The van der Waals surface area contributed by atoms with E-state index in [1.54, 1.807) is 0 Å². The van der Waals surface area contributed by atoms with Gasteiger partial charge in [-0.15, -0.1) is 0 Å². The Morgan fingerprint density at radius 3 is 0.897 bits per heavy atom. The van der Waals surface area contributed by atoms with Crippen molar-refractivity contribution < 1.29 is 53.6 Å². The van der Waals surface area contributed by atoms with Crippen molar-refractivity contribution in [3.05, 3.63) is 0 Å². The summed E-state index contributed by atoms with van der Waals surface area (Å²) in [5, 5.41) is 36.4. The summed E-state index contributed by atoms with van der Waals surface area (Å²) in [6.07, 6.45) is -1.44. The molecule has 0 aliphatic rings. The number of aliphatic hydroxyl groups excluding tert-OH is 4. The van der Waals surface area contributed by atoms with Crippen molar-refractivity contribution >= 4 is 0 Å². The van der Waals surface area contributed by atoms with Crippen molar-refractivity contribution in [2.75, 3.05) is 106 Å². The van der Waals surface area contributed by atoms with Crippen molar-refractivity contribution in [3.63, 3.8) is 0 Å². The molecule has 0 radical (unpaired) electrons. The van der Waals surface area contributed by atoms with Gasteiger partial charge in [-0.3, -0.25) is 0 Å². The molecule has 2 atom stereocenters. The third-order valence-electron chi connectivity index (χ3n) is 3.20. The lowest BCUT2D eigenvalue weighted by atomic mass is 10.4. The third kappa shape index (κ3) is 23.7. The molecule has 0 saturated heterocycles. The molecule has 29 heavy (non-hydrogen) atoms. The van der Waals surface area contributed by atoms with E-state index in [1.165, 1.54) is 0 Å². The van der Waals surface area contributed by atoms with Crippen LogP contribution in [0.15, 0.2) is 0 Å². The van der Waals surface area contributed by atoms with E-state index in [0.29, 0.717) is 52.9 Å². The van der Waals surface area contributed by atoms with Crippen LogP contribution in [0.3, 0.4) is 0 Å². The Morgan fingerprint density at radius 2 is 0.621 bits per heavy atom. The molecule has 0 bridgehead atoms. The Morgan fingerprint density at radius 1 is 0.379 bits per heavy atom. The summed E-state index contributed by atoms with van der Waals surface area (Å²) >= 11 is 0. The lowest BCUT2D eigenvalue weighted by Crippen LogP contribution is -2.25. The van der Waals surface area contributed by atoms with Gasteiger partial charge in [-0.05, 0) is 0 Å². The van der Waals surface area contributed by atoms with Gasteiger partial charge in [0.05, 0.1) is 106 Å². The summed E-state index contributed by atoms with van der Waals surface area (Å²) < 4.78 is 36.3. The van der Waals surface area contributed by atoms with E-state index < -0.39 is 12.2 Å². The second kappa shape index (κ2) is 23.8. The molecule has 0 aliphatic carbocycles.